The summed E-state index contributed by atoms with van der Waals surface area (Å²) in [7, 11) is 0. The SMILES string of the molecule is CC(S)C(C(=O)O)C(=O)O. The molecule has 0 aliphatic carbocycles. The predicted octanol–water partition coefficient (Wildman–Crippen LogP) is 0.0901. The van der Waals surface area contributed by atoms with Gasteiger partial charge in [-0.05, 0) is 0 Å². The lowest BCUT2D eigenvalue weighted by Gasteiger charge is -2.08. The summed E-state index contributed by atoms with van der Waals surface area (Å²) in [4.78, 5) is 20.3. The maximum absolute atomic E-state index is 10.2. The number of hydrogen-bond acceptors (Lipinski definition) is 3. The zero-order valence-corrected chi connectivity index (χ0v) is 6.21. The second kappa shape index (κ2) is 3.46. The minimum absolute atomic E-state index is 0.671. The first-order valence-electron chi connectivity index (χ1n) is 2.60. The van der Waals surface area contributed by atoms with E-state index in [1.807, 2.05) is 0 Å². The molecule has 0 aliphatic rings. The molecule has 0 radical (unpaired) electrons. The quantitative estimate of drug-likeness (QED) is 0.408. The molecular weight excluding hydrogens is 156 g/mol. The van der Waals surface area contributed by atoms with Crippen molar-refractivity contribution in [3.63, 3.8) is 0 Å². The van der Waals surface area contributed by atoms with Gasteiger partial charge in [0.2, 0.25) is 0 Å². The number of hydrogen-bond donors (Lipinski definition) is 3. The van der Waals surface area contributed by atoms with Crippen molar-refractivity contribution in [2.75, 3.05) is 0 Å². The molecular formula is C5H8O4S. The minimum Gasteiger partial charge on any atom is -0.481 e. The maximum atomic E-state index is 10.2. The normalized spacial score (nSPS) is 13.1. The highest BCUT2D eigenvalue weighted by Gasteiger charge is 2.29. The molecule has 1 atom stereocenters. The van der Waals surface area contributed by atoms with E-state index in [2.05, 4.69) is 12.6 Å². The van der Waals surface area contributed by atoms with Gasteiger partial charge in [0, 0.05) is 5.25 Å². The fourth-order valence-corrected chi connectivity index (χ4v) is 0.773. The Labute approximate surface area is 63.3 Å². The third-order valence-corrected chi connectivity index (χ3v) is 1.31. The first-order valence-corrected chi connectivity index (χ1v) is 3.12. The number of thiol groups is 1. The number of carboxylic acid groups (broad SMARTS) is 2. The van der Waals surface area contributed by atoms with Crippen LogP contribution in [-0.2, 0) is 9.59 Å². The van der Waals surface area contributed by atoms with E-state index in [1.54, 1.807) is 0 Å². The van der Waals surface area contributed by atoms with Crippen LogP contribution in [0.5, 0.6) is 0 Å². The van der Waals surface area contributed by atoms with Crippen LogP contribution >= 0.6 is 12.6 Å². The fourth-order valence-electron chi connectivity index (χ4n) is 0.518. The molecule has 0 aromatic carbocycles. The summed E-state index contributed by atoms with van der Waals surface area (Å²) in [6.07, 6.45) is 0. The van der Waals surface area contributed by atoms with Crippen molar-refractivity contribution < 1.29 is 19.8 Å². The number of rotatable bonds is 3. The molecule has 10 heavy (non-hydrogen) atoms. The minimum atomic E-state index is -1.41. The highest BCUT2D eigenvalue weighted by atomic mass is 32.1. The van der Waals surface area contributed by atoms with Gasteiger partial charge in [0.1, 0.15) is 0 Å². The van der Waals surface area contributed by atoms with E-state index in [1.165, 1.54) is 6.92 Å². The summed E-state index contributed by atoms with van der Waals surface area (Å²) in [5.41, 5.74) is 0. The van der Waals surface area contributed by atoms with Gasteiger partial charge < -0.3 is 10.2 Å². The number of carbonyl (C=O) groups is 2. The van der Waals surface area contributed by atoms with Crippen LogP contribution < -0.4 is 0 Å². The van der Waals surface area contributed by atoms with Gasteiger partial charge in [0.25, 0.3) is 0 Å². The van der Waals surface area contributed by atoms with E-state index >= 15 is 0 Å². The van der Waals surface area contributed by atoms with Gasteiger partial charge in [-0.3, -0.25) is 9.59 Å². The molecule has 0 saturated carbocycles. The van der Waals surface area contributed by atoms with E-state index in [0.29, 0.717) is 0 Å². The molecule has 0 heterocycles. The van der Waals surface area contributed by atoms with Gasteiger partial charge in [-0.1, -0.05) is 6.92 Å². The molecule has 0 saturated heterocycles. The van der Waals surface area contributed by atoms with E-state index in [-0.39, 0.29) is 0 Å². The lowest BCUT2D eigenvalue weighted by molar-refractivity contribution is -0.154. The highest BCUT2D eigenvalue weighted by molar-refractivity contribution is 7.81. The average Bonchev–Trinajstić information content (AvgIpc) is 1.59. The van der Waals surface area contributed by atoms with E-state index < -0.39 is 23.1 Å². The molecule has 0 aliphatic heterocycles. The molecule has 0 spiro atoms. The summed E-state index contributed by atoms with van der Waals surface area (Å²) in [6.45, 7) is 1.43. The largest absolute Gasteiger partial charge is 0.481 e. The van der Waals surface area contributed by atoms with Crippen molar-refractivity contribution in [1.29, 1.82) is 0 Å². The highest BCUT2D eigenvalue weighted by Crippen LogP contribution is 2.09. The molecule has 0 bridgehead atoms. The zero-order chi connectivity index (χ0) is 8.31. The molecule has 4 nitrogen and oxygen atoms in total. The Morgan fingerprint density at radius 2 is 1.60 bits per heavy atom. The first-order chi connectivity index (χ1) is 4.46. The molecule has 1 unspecified atom stereocenters. The molecule has 0 amide bonds. The monoisotopic (exact) mass is 164 g/mol. The number of carboxylic acids is 2. The molecule has 5 heteroatoms. The van der Waals surface area contributed by atoms with Crippen LogP contribution in [0, 0.1) is 5.92 Å². The van der Waals surface area contributed by atoms with E-state index in [0.717, 1.165) is 0 Å². The Kier molecular flexibility index (Phi) is 3.21. The van der Waals surface area contributed by atoms with Crippen molar-refractivity contribution in [1.82, 2.24) is 0 Å². The fraction of sp³-hybridized carbons (Fsp3) is 0.600. The van der Waals surface area contributed by atoms with Crippen molar-refractivity contribution >= 4 is 24.6 Å². The molecule has 0 rings (SSSR count). The Morgan fingerprint density at radius 1 is 1.30 bits per heavy atom. The van der Waals surface area contributed by atoms with E-state index in [4.69, 9.17) is 10.2 Å². The zero-order valence-electron chi connectivity index (χ0n) is 5.31. The number of aliphatic carboxylic acids is 2. The Morgan fingerprint density at radius 3 is 1.60 bits per heavy atom. The third-order valence-electron chi connectivity index (χ3n) is 1.01. The van der Waals surface area contributed by atoms with Gasteiger partial charge in [-0.15, -0.1) is 0 Å². The van der Waals surface area contributed by atoms with E-state index in [9.17, 15) is 9.59 Å². The molecule has 0 aromatic rings. The van der Waals surface area contributed by atoms with Crippen LogP contribution in [0.2, 0.25) is 0 Å². The van der Waals surface area contributed by atoms with Crippen LogP contribution in [-0.4, -0.2) is 27.4 Å². The van der Waals surface area contributed by atoms with Crippen molar-refractivity contribution in [3.8, 4) is 0 Å². The Bertz CT molecular complexity index is 140. The predicted molar refractivity (Wildman–Crippen MR) is 37.2 cm³/mol. The second-order valence-electron chi connectivity index (χ2n) is 1.89. The standard InChI is InChI=1S/C5H8O4S/c1-2(10)3(4(6)7)5(8)9/h2-3,10H,1H3,(H,6,7)(H,8,9). The van der Waals surface area contributed by atoms with Crippen LogP contribution in [0.1, 0.15) is 6.92 Å². The van der Waals surface area contributed by atoms with Crippen molar-refractivity contribution in [2.24, 2.45) is 5.92 Å². The van der Waals surface area contributed by atoms with Crippen molar-refractivity contribution in [2.45, 2.75) is 12.2 Å². The Hall–Kier alpha value is -0.710. The summed E-state index contributed by atoms with van der Waals surface area (Å²) in [5, 5.41) is 15.9. The summed E-state index contributed by atoms with van der Waals surface area (Å²) >= 11 is 3.71. The topological polar surface area (TPSA) is 74.6 Å². The summed E-state index contributed by atoms with van der Waals surface area (Å²) < 4.78 is 0. The first kappa shape index (κ1) is 9.29. The third kappa shape index (κ3) is 2.26. The van der Waals surface area contributed by atoms with Crippen LogP contribution in [0.4, 0.5) is 0 Å². The lowest BCUT2D eigenvalue weighted by atomic mass is 10.1. The molecule has 2 N–H and O–H groups in total. The Balaban J connectivity index is 4.27. The molecule has 0 fully saturated rings. The average molecular weight is 164 g/mol. The molecule has 58 valence electrons. The van der Waals surface area contributed by atoms with Crippen LogP contribution in [0.3, 0.4) is 0 Å². The maximum Gasteiger partial charge on any atom is 0.319 e. The summed E-state index contributed by atoms with van der Waals surface area (Å²) in [6, 6.07) is 0. The van der Waals surface area contributed by atoms with Gasteiger partial charge in [-0.25, -0.2) is 0 Å². The summed E-state index contributed by atoms with van der Waals surface area (Å²) in [5.74, 6) is -4.12. The second-order valence-corrected chi connectivity index (χ2v) is 2.71. The smallest absolute Gasteiger partial charge is 0.319 e. The van der Waals surface area contributed by atoms with Gasteiger partial charge in [0.15, 0.2) is 5.92 Å². The van der Waals surface area contributed by atoms with Gasteiger partial charge in [-0.2, -0.15) is 12.6 Å². The van der Waals surface area contributed by atoms with Gasteiger partial charge >= 0.3 is 11.9 Å². The van der Waals surface area contributed by atoms with Crippen LogP contribution in [0.15, 0.2) is 0 Å². The lowest BCUT2D eigenvalue weighted by Crippen LogP contribution is -2.30. The molecule has 0 aromatic heterocycles. The van der Waals surface area contributed by atoms with Crippen molar-refractivity contribution in [3.05, 3.63) is 0 Å². The van der Waals surface area contributed by atoms with Gasteiger partial charge in [0.05, 0.1) is 0 Å². The van der Waals surface area contributed by atoms with Crippen LogP contribution in [0.25, 0.3) is 0 Å².